The molecule has 4 N–H and O–H groups in total. The molecule has 0 aliphatic carbocycles. The largest absolute Gasteiger partial charge is 0.480 e. The summed E-state index contributed by atoms with van der Waals surface area (Å²) in [5, 5.41) is 11.9. The van der Waals surface area contributed by atoms with E-state index in [-0.39, 0.29) is 23.3 Å². The minimum absolute atomic E-state index is 0.0545. The van der Waals surface area contributed by atoms with Crippen LogP contribution in [0, 0.1) is 0 Å². The molecule has 0 aliphatic heterocycles. The fourth-order valence-electron chi connectivity index (χ4n) is 1.93. The van der Waals surface area contributed by atoms with Crippen molar-refractivity contribution >= 4 is 17.6 Å². The lowest BCUT2D eigenvalue weighted by atomic mass is 10.1. The van der Waals surface area contributed by atoms with E-state index in [9.17, 15) is 9.59 Å². The molecule has 1 aromatic carbocycles. The number of hydrogen-bond donors (Lipinski definition) is 3. The van der Waals surface area contributed by atoms with Gasteiger partial charge < -0.3 is 20.9 Å². The number of rotatable bonds is 7. The Bertz CT molecular complexity index is 516. The molecule has 2 unspecified atom stereocenters. The van der Waals surface area contributed by atoms with Crippen molar-refractivity contribution in [2.75, 3.05) is 5.73 Å². The number of carboxylic acids is 1. The number of nitrogens with two attached hydrogens (primary N) is 1. The SMILES string of the molecule is CCCC(C)NC(=O)C(C)Oc1ccc(N)cc1C(=O)O. The van der Waals surface area contributed by atoms with Crippen LogP contribution in [0.5, 0.6) is 5.75 Å². The van der Waals surface area contributed by atoms with Gasteiger partial charge in [-0.25, -0.2) is 4.79 Å². The van der Waals surface area contributed by atoms with E-state index in [1.165, 1.54) is 18.2 Å². The molecule has 6 nitrogen and oxygen atoms in total. The smallest absolute Gasteiger partial charge is 0.339 e. The van der Waals surface area contributed by atoms with Crippen LogP contribution in [0.15, 0.2) is 18.2 Å². The number of aromatic carboxylic acids is 1. The van der Waals surface area contributed by atoms with E-state index in [2.05, 4.69) is 5.32 Å². The zero-order valence-corrected chi connectivity index (χ0v) is 12.6. The number of nitrogens with one attached hydrogen (secondary N) is 1. The molecule has 116 valence electrons. The van der Waals surface area contributed by atoms with E-state index >= 15 is 0 Å². The topological polar surface area (TPSA) is 102 Å². The fraction of sp³-hybridized carbons (Fsp3) is 0.467. The van der Waals surface area contributed by atoms with Crippen LogP contribution in [0.4, 0.5) is 5.69 Å². The third-order valence-electron chi connectivity index (χ3n) is 3.02. The Morgan fingerprint density at radius 3 is 2.62 bits per heavy atom. The number of benzene rings is 1. The number of carboxylic acid groups (broad SMARTS) is 1. The van der Waals surface area contributed by atoms with Gasteiger partial charge in [-0.3, -0.25) is 4.79 Å². The standard InChI is InChI=1S/C15H22N2O4/c1-4-5-9(2)17-14(18)10(3)21-13-7-6-11(16)8-12(13)15(19)20/h6-10H,4-5,16H2,1-3H3,(H,17,18)(H,19,20). The Kier molecular flexibility index (Phi) is 6.02. The lowest BCUT2D eigenvalue weighted by Crippen LogP contribution is -2.41. The highest BCUT2D eigenvalue weighted by Crippen LogP contribution is 2.22. The summed E-state index contributed by atoms with van der Waals surface area (Å²) in [4.78, 5) is 23.1. The average molecular weight is 294 g/mol. The molecule has 0 spiro atoms. The first-order valence-electron chi connectivity index (χ1n) is 6.95. The number of hydrogen-bond acceptors (Lipinski definition) is 4. The Hall–Kier alpha value is -2.24. The molecular weight excluding hydrogens is 272 g/mol. The van der Waals surface area contributed by atoms with Crippen LogP contribution in [0.1, 0.15) is 44.0 Å². The second-order valence-corrected chi connectivity index (χ2v) is 5.02. The van der Waals surface area contributed by atoms with Crippen LogP contribution in [-0.2, 0) is 4.79 Å². The van der Waals surface area contributed by atoms with Crippen molar-refractivity contribution in [1.82, 2.24) is 5.32 Å². The number of carbonyl (C=O) groups excluding carboxylic acids is 1. The van der Waals surface area contributed by atoms with Crippen LogP contribution >= 0.6 is 0 Å². The molecule has 1 amide bonds. The van der Waals surface area contributed by atoms with Gasteiger partial charge in [-0.05, 0) is 38.5 Å². The van der Waals surface area contributed by atoms with Gasteiger partial charge in [0.25, 0.3) is 5.91 Å². The summed E-state index contributed by atoms with van der Waals surface area (Å²) in [5.74, 6) is -1.30. The molecule has 0 heterocycles. The predicted molar refractivity (Wildman–Crippen MR) is 80.4 cm³/mol. The Labute approximate surface area is 124 Å². The minimum Gasteiger partial charge on any atom is -0.480 e. The molecular formula is C15H22N2O4. The molecule has 0 radical (unpaired) electrons. The van der Waals surface area contributed by atoms with E-state index in [0.717, 1.165) is 12.8 Å². The first kappa shape index (κ1) is 16.8. The van der Waals surface area contributed by atoms with Crippen LogP contribution in [-0.4, -0.2) is 29.1 Å². The molecule has 0 saturated heterocycles. The molecule has 2 atom stereocenters. The van der Waals surface area contributed by atoms with Gasteiger partial charge in [0.2, 0.25) is 0 Å². The van der Waals surface area contributed by atoms with Crippen LogP contribution in [0.2, 0.25) is 0 Å². The van der Waals surface area contributed by atoms with Gasteiger partial charge in [0, 0.05) is 11.7 Å². The van der Waals surface area contributed by atoms with Gasteiger partial charge in [0.05, 0.1) is 0 Å². The quantitative estimate of drug-likeness (QED) is 0.668. The van der Waals surface area contributed by atoms with Crippen LogP contribution in [0.3, 0.4) is 0 Å². The number of ether oxygens (including phenoxy) is 1. The molecule has 6 heteroatoms. The molecule has 0 aromatic heterocycles. The van der Waals surface area contributed by atoms with Crippen molar-refractivity contribution in [3.8, 4) is 5.75 Å². The summed E-state index contributed by atoms with van der Waals surface area (Å²) in [6.45, 7) is 5.53. The van der Waals surface area contributed by atoms with Gasteiger partial charge in [0.1, 0.15) is 11.3 Å². The van der Waals surface area contributed by atoms with Gasteiger partial charge in [-0.15, -0.1) is 0 Å². The van der Waals surface area contributed by atoms with Crippen molar-refractivity contribution < 1.29 is 19.4 Å². The third-order valence-corrected chi connectivity index (χ3v) is 3.02. The maximum Gasteiger partial charge on any atom is 0.339 e. The number of amides is 1. The van der Waals surface area contributed by atoms with Gasteiger partial charge >= 0.3 is 5.97 Å². The molecule has 21 heavy (non-hydrogen) atoms. The monoisotopic (exact) mass is 294 g/mol. The number of nitrogen functional groups attached to an aromatic ring is 1. The predicted octanol–water partition coefficient (Wildman–Crippen LogP) is 2.04. The van der Waals surface area contributed by atoms with Gasteiger partial charge in [0.15, 0.2) is 6.10 Å². The zero-order chi connectivity index (χ0) is 16.0. The normalized spacial score (nSPS) is 13.3. The Balaban J connectivity index is 2.76. The molecule has 1 aromatic rings. The fourth-order valence-corrected chi connectivity index (χ4v) is 1.93. The van der Waals surface area contributed by atoms with Crippen molar-refractivity contribution in [3.05, 3.63) is 23.8 Å². The maximum atomic E-state index is 12.0. The number of carbonyl (C=O) groups is 2. The molecule has 0 saturated carbocycles. The van der Waals surface area contributed by atoms with Crippen molar-refractivity contribution in [3.63, 3.8) is 0 Å². The molecule has 0 bridgehead atoms. The first-order valence-corrected chi connectivity index (χ1v) is 6.95. The Morgan fingerprint density at radius 2 is 2.05 bits per heavy atom. The van der Waals surface area contributed by atoms with Gasteiger partial charge in [-0.2, -0.15) is 0 Å². The first-order chi connectivity index (χ1) is 9.85. The number of anilines is 1. The van der Waals surface area contributed by atoms with E-state index in [4.69, 9.17) is 15.6 Å². The molecule has 1 rings (SSSR count). The van der Waals surface area contributed by atoms with Crippen LogP contribution < -0.4 is 15.8 Å². The summed E-state index contributed by atoms with van der Waals surface area (Å²) in [6, 6.07) is 4.35. The summed E-state index contributed by atoms with van der Waals surface area (Å²) < 4.78 is 5.45. The van der Waals surface area contributed by atoms with Crippen molar-refractivity contribution in [2.45, 2.75) is 45.8 Å². The lowest BCUT2D eigenvalue weighted by Gasteiger charge is -2.19. The highest BCUT2D eigenvalue weighted by molar-refractivity contribution is 5.92. The van der Waals surface area contributed by atoms with Gasteiger partial charge in [-0.1, -0.05) is 13.3 Å². The summed E-state index contributed by atoms with van der Waals surface area (Å²) >= 11 is 0. The van der Waals surface area contributed by atoms with E-state index in [1.54, 1.807) is 6.92 Å². The zero-order valence-electron chi connectivity index (χ0n) is 12.6. The summed E-state index contributed by atoms with van der Waals surface area (Å²) in [6.07, 6.45) is 1.06. The van der Waals surface area contributed by atoms with Crippen molar-refractivity contribution in [2.24, 2.45) is 0 Å². The Morgan fingerprint density at radius 1 is 1.38 bits per heavy atom. The van der Waals surface area contributed by atoms with E-state index < -0.39 is 12.1 Å². The third kappa shape index (κ3) is 4.98. The highest BCUT2D eigenvalue weighted by Gasteiger charge is 2.20. The van der Waals surface area contributed by atoms with Crippen LogP contribution in [0.25, 0.3) is 0 Å². The average Bonchev–Trinajstić information content (AvgIpc) is 2.40. The molecule has 0 fully saturated rings. The lowest BCUT2D eigenvalue weighted by molar-refractivity contribution is -0.127. The van der Waals surface area contributed by atoms with E-state index in [0.29, 0.717) is 5.69 Å². The van der Waals surface area contributed by atoms with E-state index in [1.807, 2.05) is 13.8 Å². The van der Waals surface area contributed by atoms with Crippen molar-refractivity contribution in [1.29, 1.82) is 0 Å². The molecule has 0 aliphatic rings. The second kappa shape index (κ2) is 7.52. The second-order valence-electron chi connectivity index (χ2n) is 5.02. The summed E-state index contributed by atoms with van der Waals surface area (Å²) in [5.41, 5.74) is 5.83. The minimum atomic E-state index is -1.15. The maximum absolute atomic E-state index is 12.0. The summed E-state index contributed by atoms with van der Waals surface area (Å²) in [7, 11) is 0. The highest BCUT2D eigenvalue weighted by atomic mass is 16.5.